The highest BCUT2D eigenvalue weighted by Gasteiger charge is 2.11. The van der Waals surface area contributed by atoms with Crippen LogP contribution in [0.15, 0.2) is 18.2 Å². The summed E-state index contributed by atoms with van der Waals surface area (Å²) >= 11 is 0. The zero-order chi connectivity index (χ0) is 13.5. The van der Waals surface area contributed by atoms with Crippen LogP contribution in [0.4, 0.5) is 4.39 Å². The van der Waals surface area contributed by atoms with Gasteiger partial charge in [-0.2, -0.15) is 0 Å². The van der Waals surface area contributed by atoms with E-state index in [2.05, 4.69) is 5.32 Å². The first-order valence-electron chi connectivity index (χ1n) is 5.83. The third kappa shape index (κ3) is 4.43. The lowest BCUT2D eigenvalue weighted by Gasteiger charge is -2.11. The van der Waals surface area contributed by atoms with E-state index in [1.807, 2.05) is 6.92 Å². The first-order valence-corrected chi connectivity index (χ1v) is 5.83. The molecule has 0 aliphatic carbocycles. The van der Waals surface area contributed by atoms with Gasteiger partial charge in [0.25, 0.3) is 5.91 Å². The molecule has 1 amide bonds. The van der Waals surface area contributed by atoms with E-state index in [4.69, 9.17) is 10.5 Å². The molecule has 1 atom stereocenters. The van der Waals surface area contributed by atoms with Gasteiger partial charge in [-0.3, -0.25) is 4.79 Å². The van der Waals surface area contributed by atoms with Crippen LogP contribution in [0.25, 0.3) is 0 Å². The third-order valence-electron chi connectivity index (χ3n) is 2.55. The topological polar surface area (TPSA) is 64.3 Å². The van der Waals surface area contributed by atoms with E-state index in [0.29, 0.717) is 19.6 Å². The number of amides is 1. The molecule has 3 N–H and O–H groups in total. The minimum absolute atomic E-state index is 0.0651. The van der Waals surface area contributed by atoms with Crippen LogP contribution in [0.3, 0.4) is 0 Å². The Morgan fingerprint density at radius 1 is 1.56 bits per heavy atom. The van der Waals surface area contributed by atoms with Crippen LogP contribution in [-0.2, 0) is 4.74 Å². The molecule has 0 aromatic heterocycles. The number of ether oxygens (including phenoxy) is 1. The molecule has 0 saturated heterocycles. The molecule has 0 saturated carbocycles. The zero-order valence-corrected chi connectivity index (χ0v) is 10.7. The van der Waals surface area contributed by atoms with Gasteiger partial charge in [-0.05, 0) is 25.5 Å². The van der Waals surface area contributed by atoms with Crippen molar-refractivity contribution in [2.75, 3.05) is 20.3 Å². The second-order valence-corrected chi connectivity index (χ2v) is 4.24. The van der Waals surface area contributed by atoms with Gasteiger partial charge in [0, 0.05) is 19.7 Å². The maximum absolute atomic E-state index is 13.4. The van der Waals surface area contributed by atoms with Gasteiger partial charge < -0.3 is 15.8 Å². The van der Waals surface area contributed by atoms with Crippen molar-refractivity contribution < 1.29 is 13.9 Å². The Bertz CT molecular complexity index is 410. The third-order valence-corrected chi connectivity index (χ3v) is 2.55. The first kappa shape index (κ1) is 14.6. The summed E-state index contributed by atoms with van der Waals surface area (Å²) in [4.78, 5) is 11.7. The summed E-state index contributed by atoms with van der Waals surface area (Å²) < 4.78 is 18.3. The van der Waals surface area contributed by atoms with Gasteiger partial charge in [0.05, 0.1) is 12.2 Å². The standard InChI is InChI=1S/C13H19FN2O2/c1-9-3-4-12(14)11(7-9)13(17)16-6-5-10(15)8-18-2/h3-4,7,10H,5-6,8,15H2,1-2H3,(H,16,17). The minimum Gasteiger partial charge on any atom is -0.383 e. The summed E-state index contributed by atoms with van der Waals surface area (Å²) in [5, 5.41) is 2.64. The zero-order valence-electron chi connectivity index (χ0n) is 10.7. The van der Waals surface area contributed by atoms with Crippen LogP contribution in [0.1, 0.15) is 22.3 Å². The number of carbonyl (C=O) groups is 1. The van der Waals surface area contributed by atoms with E-state index in [1.54, 1.807) is 13.2 Å². The molecule has 0 radical (unpaired) electrons. The van der Waals surface area contributed by atoms with Crippen molar-refractivity contribution in [1.82, 2.24) is 5.32 Å². The number of methoxy groups -OCH3 is 1. The number of nitrogens with one attached hydrogen (secondary N) is 1. The van der Waals surface area contributed by atoms with E-state index < -0.39 is 11.7 Å². The van der Waals surface area contributed by atoms with Gasteiger partial charge in [0.2, 0.25) is 0 Å². The fourth-order valence-corrected chi connectivity index (χ4v) is 1.58. The van der Waals surface area contributed by atoms with E-state index in [9.17, 15) is 9.18 Å². The highest BCUT2D eigenvalue weighted by Crippen LogP contribution is 2.09. The fourth-order valence-electron chi connectivity index (χ4n) is 1.58. The molecule has 0 fully saturated rings. The van der Waals surface area contributed by atoms with Crippen molar-refractivity contribution in [3.8, 4) is 0 Å². The summed E-state index contributed by atoms with van der Waals surface area (Å²) in [6, 6.07) is 4.32. The Morgan fingerprint density at radius 3 is 2.94 bits per heavy atom. The van der Waals surface area contributed by atoms with Crippen molar-refractivity contribution in [3.05, 3.63) is 35.1 Å². The molecule has 0 spiro atoms. The van der Waals surface area contributed by atoms with Gasteiger partial charge in [-0.1, -0.05) is 11.6 Å². The van der Waals surface area contributed by atoms with Crippen molar-refractivity contribution in [2.45, 2.75) is 19.4 Å². The van der Waals surface area contributed by atoms with Crippen molar-refractivity contribution >= 4 is 5.91 Å². The molecule has 1 aromatic rings. The van der Waals surface area contributed by atoms with Crippen LogP contribution in [0.2, 0.25) is 0 Å². The van der Waals surface area contributed by atoms with Crippen LogP contribution in [-0.4, -0.2) is 32.2 Å². The molecule has 1 unspecified atom stereocenters. The molecule has 100 valence electrons. The largest absolute Gasteiger partial charge is 0.383 e. The maximum atomic E-state index is 13.4. The maximum Gasteiger partial charge on any atom is 0.254 e. The fraction of sp³-hybridized carbons (Fsp3) is 0.462. The lowest BCUT2D eigenvalue weighted by Crippen LogP contribution is -2.33. The summed E-state index contributed by atoms with van der Waals surface area (Å²) in [7, 11) is 1.57. The van der Waals surface area contributed by atoms with Gasteiger partial charge in [0.1, 0.15) is 5.82 Å². The minimum atomic E-state index is -0.515. The first-order chi connectivity index (χ1) is 8.54. The normalized spacial score (nSPS) is 12.2. The highest BCUT2D eigenvalue weighted by atomic mass is 19.1. The number of rotatable bonds is 6. The number of carbonyl (C=O) groups excluding carboxylic acids is 1. The summed E-state index contributed by atoms with van der Waals surface area (Å²) in [6.07, 6.45) is 0.590. The van der Waals surface area contributed by atoms with Gasteiger partial charge in [-0.15, -0.1) is 0 Å². The number of aryl methyl sites for hydroxylation is 1. The van der Waals surface area contributed by atoms with E-state index in [0.717, 1.165) is 5.56 Å². The van der Waals surface area contributed by atoms with E-state index >= 15 is 0 Å². The SMILES string of the molecule is COCC(N)CCNC(=O)c1cc(C)ccc1F. The number of hydrogen-bond acceptors (Lipinski definition) is 3. The van der Waals surface area contributed by atoms with Gasteiger partial charge >= 0.3 is 0 Å². The quantitative estimate of drug-likeness (QED) is 0.802. The second-order valence-electron chi connectivity index (χ2n) is 4.24. The summed E-state index contributed by atoms with van der Waals surface area (Å²) in [6.45, 7) is 2.65. The molecule has 0 heterocycles. The molecule has 18 heavy (non-hydrogen) atoms. The average Bonchev–Trinajstić information content (AvgIpc) is 2.32. The predicted molar refractivity (Wildman–Crippen MR) is 67.9 cm³/mol. The monoisotopic (exact) mass is 254 g/mol. The number of hydrogen-bond donors (Lipinski definition) is 2. The van der Waals surface area contributed by atoms with Gasteiger partial charge in [0.15, 0.2) is 0 Å². The highest BCUT2D eigenvalue weighted by molar-refractivity contribution is 5.94. The molecular formula is C13H19FN2O2. The van der Waals surface area contributed by atoms with E-state index in [-0.39, 0.29) is 11.6 Å². The molecule has 1 rings (SSSR count). The Balaban J connectivity index is 2.48. The average molecular weight is 254 g/mol. The van der Waals surface area contributed by atoms with Crippen molar-refractivity contribution in [2.24, 2.45) is 5.73 Å². The van der Waals surface area contributed by atoms with E-state index in [1.165, 1.54) is 12.1 Å². The number of halogens is 1. The van der Waals surface area contributed by atoms with Crippen LogP contribution in [0.5, 0.6) is 0 Å². The lowest BCUT2D eigenvalue weighted by atomic mass is 10.1. The Hall–Kier alpha value is -1.46. The Labute approximate surface area is 106 Å². The number of benzene rings is 1. The summed E-state index contributed by atoms with van der Waals surface area (Å²) in [5.74, 6) is -0.930. The molecule has 0 aliphatic rings. The molecule has 0 aliphatic heterocycles. The molecule has 4 nitrogen and oxygen atoms in total. The molecule has 0 bridgehead atoms. The Morgan fingerprint density at radius 2 is 2.28 bits per heavy atom. The predicted octanol–water partition coefficient (Wildman–Crippen LogP) is 1.23. The van der Waals surface area contributed by atoms with Crippen LogP contribution >= 0.6 is 0 Å². The van der Waals surface area contributed by atoms with Gasteiger partial charge in [-0.25, -0.2) is 4.39 Å². The molecule has 5 heteroatoms. The van der Waals surface area contributed by atoms with Crippen LogP contribution < -0.4 is 11.1 Å². The second kappa shape index (κ2) is 7.08. The van der Waals surface area contributed by atoms with Crippen molar-refractivity contribution in [1.29, 1.82) is 0 Å². The number of nitrogens with two attached hydrogens (primary N) is 1. The van der Waals surface area contributed by atoms with Crippen LogP contribution in [0, 0.1) is 12.7 Å². The lowest BCUT2D eigenvalue weighted by molar-refractivity contribution is 0.0946. The smallest absolute Gasteiger partial charge is 0.254 e. The summed E-state index contributed by atoms with van der Waals surface area (Å²) in [5.41, 5.74) is 6.62. The van der Waals surface area contributed by atoms with Crippen molar-refractivity contribution in [3.63, 3.8) is 0 Å². The molecular weight excluding hydrogens is 235 g/mol. The Kier molecular flexibility index (Phi) is 5.74. The molecule has 1 aromatic carbocycles.